The number of nitrogens with one attached hydrogen (secondary N) is 1. The maximum atomic E-state index is 12.5. The molecule has 2 heterocycles. The maximum Gasteiger partial charge on any atom is 0.231 e. The number of hydrogen-bond donors (Lipinski definition) is 2. The van der Waals surface area contributed by atoms with Crippen molar-refractivity contribution < 1.29 is 14.7 Å². The van der Waals surface area contributed by atoms with Crippen molar-refractivity contribution in [3.8, 4) is 0 Å². The van der Waals surface area contributed by atoms with Gasteiger partial charge in [-0.2, -0.15) is 0 Å². The molecule has 1 aromatic heterocycles. The fraction of sp³-hybridized carbons (Fsp3) is 0.412. The van der Waals surface area contributed by atoms with Crippen LogP contribution in [0.5, 0.6) is 0 Å². The number of aryl methyl sites for hydroxylation is 2. The Hall–Kier alpha value is -1.97. The third kappa shape index (κ3) is 4.22. The second kappa shape index (κ2) is 8.15. The molecule has 26 heavy (non-hydrogen) atoms. The summed E-state index contributed by atoms with van der Waals surface area (Å²) in [5.74, 6) is -0.157. The maximum absolute atomic E-state index is 12.5. The number of benzene rings is 1. The van der Waals surface area contributed by atoms with E-state index in [0.717, 1.165) is 11.3 Å². The van der Waals surface area contributed by atoms with Crippen molar-refractivity contribution in [3.63, 3.8) is 0 Å². The number of amides is 2. The smallest absolute Gasteiger partial charge is 0.231 e. The van der Waals surface area contributed by atoms with E-state index in [1.54, 1.807) is 4.90 Å². The van der Waals surface area contributed by atoms with E-state index in [4.69, 9.17) is 5.11 Å². The fourth-order valence-corrected chi connectivity index (χ4v) is 4.25. The molecular formula is C17H20N4O3S2. The molecule has 1 saturated heterocycles. The summed E-state index contributed by atoms with van der Waals surface area (Å²) in [7, 11) is 0. The lowest BCUT2D eigenvalue weighted by atomic mass is 10.1. The first-order valence-corrected chi connectivity index (χ1v) is 10.0. The summed E-state index contributed by atoms with van der Waals surface area (Å²) in [6, 6.07) is 5.87. The Morgan fingerprint density at radius 3 is 2.92 bits per heavy atom. The van der Waals surface area contributed by atoms with Crippen LogP contribution in [-0.4, -0.2) is 46.0 Å². The molecular weight excluding hydrogens is 372 g/mol. The lowest BCUT2D eigenvalue weighted by molar-refractivity contribution is -0.122. The van der Waals surface area contributed by atoms with Crippen molar-refractivity contribution in [2.45, 2.75) is 24.6 Å². The highest BCUT2D eigenvalue weighted by Gasteiger charge is 2.35. The van der Waals surface area contributed by atoms with Gasteiger partial charge >= 0.3 is 0 Å². The number of hydrogen-bond acceptors (Lipinski definition) is 7. The van der Waals surface area contributed by atoms with Gasteiger partial charge in [0, 0.05) is 24.4 Å². The van der Waals surface area contributed by atoms with Gasteiger partial charge in [0.25, 0.3) is 0 Å². The van der Waals surface area contributed by atoms with Crippen molar-refractivity contribution in [2.24, 2.45) is 5.92 Å². The molecule has 1 aliphatic rings. The van der Waals surface area contributed by atoms with E-state index in [-0.39, 0.29) is 24.8 Å². The zero-order valence-electron chi connectivity index (χ0n) is 14.6. The molecule has 1 fully saturated rings. The van der Waals surface area contributed by atoms with E-state index >= 15 is 0 Å². The zero-order valence-corrected chi connectivity index (χ0v) is 16.2. The van der Waals surface area contributed by atoms with Gasteiger partial charge in [0.1, 0.15) is 0 Å². The Morgan fingerprint density at radius 1 is 1.38 bits per heavy atom. The van der Waals surface area contributed by atoms with Gasteiger partial charge in [-0.3, -0.25) is 9.59 Å². The van der Waals surface area contributed by atoms with Crippen molar-refractivity contribution in [3.05, 3.63) is 29.3 Å². The molecule has 7 nitrogen and oxygen atoms in total. The first-order valence-electron chi connectivity index (χ1n) is 8.23. The van der Waals surface area contributed by atoms with Crippen molar-refractivity contribution in [2.75, 3.05) is 29.1 Å². The fourth-order valence-electron chi connectivity index (χ4n) is 2.69. The number of thioether (sulfide) groups is 1. The molecule has 2 N–H and O–H groups in total. The number of anilines is 2. The van der Waals surface area contributed by atoms with E-state index in [9.17, 15) is 9.59 Å². The number of aliphatic hydroxyl groups is 1. The largest absolute Gasteiger partial charge is 0.396 e. The van der Waals surface area contributed by atoms with Gasteiger partial charge in [-0.1, -0.05) is 29.2 Å². The second-order valence-electron chi connectivity index (χ2n) is 6.11. The number of nitrogens with zero attached hydrogens (tertiary/aromatic N) is 3. The van der Waals surface area contributed by atoms with Crippen LogP contribution in [0.1, 0.15) is 17.5 Å². The Morgan fingerprint density at radius 2 is 2.19 bits per heavy atom. The molecule has 0 spiro atoms. The van der Waals surface area contributed by atoms with Crippen LogP contribution in [0.25, 0.3) is 0 Å². The first kappa shape index (κ1) is 18.8. The standard InChI is InChI=1S/C17H20N4O3S2/c1-10-3-4-13(7-11(10)2)21-9-12(8-14(21)23)15(24)18-16-19-20-17(26-16)25-6-5-22/h3-4,7,12,22H,5-6,8-9H2,1-2H3,(H,18,19,24)/t12-/m1/s1. The molecule has 2 amide bonds. The minimum Gasteiger partial charge on any atom is -0.396 e. The molecule has 0 unspecified atom stereocenters. The van der Waals surface area contributed by atoms with Crippen LogP contribution >= 0.6 is 23.1 Å². The molecule has 0 saturated carbocycles. The Balaban J connectivity index is 1.63. The Bertz CT molecular complexity index is 824. The molecule has 1 aliphatic heterocycles. The summed E-state index contributed by atoms with van der Waals surface area (Å²) < 4.78 is 0.689. The number of aromatic nitrogens is 2. The minimum absolute atomic E-state index is 0.0511. The predicted octanol–water partition coefficient (Wildman–Crippen LogP) is 2.23. The summed E-state index contributed by atoms with van der Waals surface area (Å²) in [5.41, 5.74) is 3.11. The molecule has 1 atom stereocenters. The average molecular weight is 393 g/mol. The van der Waals surface area contributed by atoms with Crippen LogP contribution in [-0.2, 0) is 9.59 Å². The zero-order chi connectivity index (χ0) is 18.7. The minimum atomic E-state index is -0.415. The molecule has 0 radical (unpaired) electrons. The summed E-state index contributed by atoms with van der Waals surface area (Å²) in [4.78, 5) is 26.5. The second-order valence-corrected chi connectivity index (χ2v) is 8.43. The third-order valence-corrected chi connectivity index (χ3v) is 6.20. The van der Waals surface area contributed by atoms with Gasteiger partial charge in [0.15, 0.2) is 4.34 Å². The quantitative estimate of drug-likeness (QED) is 0.578. The molecule has 2 aromatic rings. The van der Waals surface area contributed by atoms with E-state index < -0.39 is 5.92 Å². The Labute approximate surface area is 159 Å². The third-order valence-electron chi connectivity index (χ3n) is 4.25. The lowest BCUT2D eigenvalue weighted by Crippen LogP contribution is -2.28. The summed E-state index contributed by atoms with van der Waals surface area (Å²) in [6.07, 6.45) is 0.184. The Kier molecular flexibility index (Phi) is 5.90. The summed E-state index contributed by atoms with van der Waals surface area (Å²) in [5, 5.41) is 19.9. The van der Waals surface area contributed by atoms with E-state index in [2.05, 4.69) is 15.5 Å². The van der Waals surface area contributed by atoms with Crippen LogP contribution in [0.15, 0.2) is 22.5 Å². The average Bonchev–Trinajstić information content (AvgIpc) is 3.22. The molecule has 0 bridgehead atoms. The van der Waals surface area contributed by atoms with Crippen LogP contribution in [0.3, 0.4) is 0 Å². The first-order chi connectivity index (χ1) is 12.5. The summed E-state index contributed by atoms with van der Waals surface area (Å²) in [6.45, 7) is 4.45. The van der Waals surface area contributed by atoms with Crippen molar-refractivity contribution in [1.29, 1.82) is 0 Å². The highest BCUT2D eigenvalue weighted by molar-refractivity contribution is 8.01. The molecule has 138 valence electrons. The van der Waals surface area contributed by atoms with E-state index in [0.29, 0.717) is 21.8 Å². The van der Waals surface area contributed by atoms with Gasteiger partial charge in [0.2, 0.25) is 16.9 Å². The van der Waals surface area contributed by atoms with E-state index in [1.165, 1.54) is 28.7 Å². The molecule has 9 heteroatoms. The highest BCUT2D eigenvalue weighted by atomic mass is 32.2. The van der Waals surface area contributed by atoms with Gasteiger partial charge in [-0.25, -0.2) is 0 Å². The van der Waals surface area contributed by atoms with Gasteiger partial charge < -0.3 is 15.3 Å². The van der Waals surface area contributed by atoms with Crippen LogP contribution in [0.4, 0.5) is 10.8 Å². The normalized spacial score (nSPS) is 17.0. The molecule has 3 rings (SSSR count). The van der Waals surface area contributed by atoms with Gasteiger partial charge in [-0.05, 0) is 37.1 Å². The van der Waals surface area contributed by atoms with Gasteiger partial charge in [-0.15, -0.1) is 10.2 Å². The number of rotatable bonds is 6. The van der Waals surface area contributed by atoms with E-state index in [1.807, 2.05) is 32.0 Å². The summed E-state index contributed by atoms with van der Waals surface area (Å²) >= 11 is 2.64. The monoisotopic (exact) mass is 392 g/mol. The predicted molar refractivity (Wildman–Crippen MR) is 103 cm³/mol. The van der Waals surface area contributed by atoms with Crippen LogP contribution in [0, 0.1) is 19.8 Å². The van der Waals surface area contributed by atoms with Crippen molar-refractivity contribution in [1.82, 2.24) is 10.2 Å². The number of carbonyl (C=O) groups excluding carboxylic acids is 2. The highest BCUT2D eigenvalue weighted by Crippen LogP contribution is 2.29. The lowest BCUT2D eigenvalue weighted by Gasteiger charge is -2.17. The topological polar surface area (TPSA) is 95.4 Å². The molecule has 1 aromatic carbocycles. The number of aliphatic hydroxyl groups excluding tert-OH is 1. The SMILES string of the molecule is Cc1ccc(N2C[C@H](C(=O)Nc3nnc(SCCO)s3)CC2=O)cc1C. The van der Waals surface area contributed by atoms with Crippen molar-refractivity contribution >= 4 is 45.7 Å². The van der Waals surface area contributed by atoms with Crippen LogP contribution < -0.4 is 10.2 Å². The molecule has 0 aliphatic carbocycles. The van der Waals surface area contributed by atoms with Gasteiger partial charge in [0.05, 0.1) is 12.5 Å². The number of carbonyl (C=O) groups is 2. The van der Waals surface area contributed by atoms with Crippen LogP contribution in [0.2, 0.25) is 0 Å².